The number of benzene rings is 1. The number of phenolic OH excluding ortho intramolecular Hbond substituents is 1. The lowest BCUT2D eigenvalue weighted by molar-refractivity contribution is -0.0367. The van der Waals surface area contributed by atoms with Crippen molar-refractivity contribution in [2.75, 3.05) is 0 Å². The topological polar surface area (TPSA) is 20.2 Å². The molecule has 1 unspecified atom stereocenters. The molecular formula is C13H18F2O. The van der Waals surface area contributed by atoms with Gasteiger partial charge in [-0.1, -0.05) is 32.9 Å². The van der Waals surface area contributed by atoms with Crippen LogP contribution in [0.2, 0.25) is 0 Å². The largest absolute Gasteiger partial charge is 0.508 e. The van der Waals surface area contributed by atoms with Gasteiger partial charge in [-0.3, -0.25) is 0 Å². The molecule has 1 atom stereocenters. The Hall–Kier alpha value is -1.12. The minimum atomic E-state index is -2.69. The van der Waals surface area contributed by atoms with Gasteiger partial charge >= 0.3 is 0 Å². The fourth-order valence-electron chi connectivity index (χ4n) is 2.05. The van der Waals surface area contributed by atoms with Gasteiger partial charge in [0.2, 0.25) is 0 Å². The van der Waals surface area contributed by atoms with Gasteiger partial charge in [0.05, 0.1) is 0 Å². The van der Waals surface area contributed by atoms with E-state index in [0.717, 1.165) is 5.56 Å². The molecule has 3 heteroatoms. The molecule has 1 aromatic carbocycles. The van der Waals surface area contributed by atoms with Gasteiger partial charge in [0, 0.05) is 17.9 Å². The summed E-state index contributed by atoms with van der Waals surface area (Å²) >= 11 is 0. The maximum Gasteiger partial charge on any atom is 0.255 e. The highest BCUT2D eigenvalue weighted by Gasteiger charge is 2.42. The van der Waals surface area contributed by atoms with Crippen molar-refractivity contribution in [3.63, 3.8) is 0 Å². The molecule has 1 N–H and O–H groups in total. The Bertz CT molecular complexity index is 361. The van der Waals surface area contributed by atoms with E-state index in [9.17, 15) is 13.9 Å². The highest BCUT2D eigenvalue weighted by atomic mass is 19.3. The van der Waals surface area contributed by atoms with Crippen LogP contribution in [0, 0.1) is 0 Å². The van der Waals surface area contributed by atoms with E-state index in [4.69, 9.17) is 0 Å². The second-order valence-electron chi connectivity index (χ2n) is 3.83. The number of hydrogen-bond acceptors (Lipinski definition) is 1. The summed E-state index contributed by atoms with van der Waals surface area (Å²) in [6.45, 7) is 5.47. The number of fused-ring (bicyclic) bond motifs is 1. The quantitative estimate of drug-likeness (QED) is 0.708. The number of alkyl halides is 2. The summed E-state index contributed by atoms with van der Waals surface area (Å²) in [6.07, 6.45) is 0.228. The molecule has 0 fully saturated rings. The smallest absolute Gasteiger partial charge is 0.255 e. The average Bonchev–Trinajstić information content (AvgIpc) is 2.27. The summed E-state index contributed by atoms with van der Waals surface area (Å²) in [5.41, 5.74) is 1.27. The number of halogens is 2. The molecule has 0 saturated heterocycles. The van der Waals surface area contributed by atoms with Gasteiger partial charge in [-0.15, -0.1) is 0 Å². The number of rotatable bonds is 0. The number of hydrogen-bond donors (Lipinski definition) is 1. The first-order valence-electron chi connectivity index (χ1n) is 5.71. The first kappa shape index (κ1) is 12.9. The standard InChI is InChI=1S/C11H12F2O.C2H6/c1-7-10-8(3-2-4-9(10)14)5-6-11(7,12)13;1-2/h2-4,7,14H,5-6H2,1H3;1-2H3. The summed E-state index contributed by atoms with van der Waals surface area (Å²) in [7, 11) is 0. The van der Waals surface area contributed by atoms with E-state index >= 15 is 0 Å². The van der Waals surface area contributed by atoms with Crippen LogP contribution in [-0.4, -0.2) is 11.0 Å². The normalized spacial score (nSPS) is 21.7. The van der Waals surface area contributed by atoms with Gasteiger partial charge in [0.1, 0.15) is 5.75 Å². The lowest BCUT2D eigenvalue weighted by Crippen LogP contribution is -2.30. The molecule has 1 nitrogen and oxygen atoms in total. The third-order valence-corrected chi connectivity index (χ3v) is 2.97. The van der Waals surface area contributed by atoms with E-state index in [-0.39, 0.29) is 12.2 Å². The molecule has 0 bridgehead atoms. The van der Waals surface area contributed by atoms with E-state index in [2.05, 4.69) is 0 Å². The van der Waals surface area contributed by atoms with Gasteiger partial charge in [0.25, 0.3) is 5.92 Å². The first-order valence-corrected chi connectivity index (χ1v) is 5.71. The van der Waals surface area contributed by atoms with E-state index < -0.39 is 11.8 Å². The Balaban J connectivity index is 0.000000606. The molecule has 0 heterocycles. The SMILES string of the molecule is CC.CC1c2c(O)cccc2CCC1(F)F. The van der Waals surface area contributed by atoms with Gasteiger partial charge in [-0.2, -0.15) is 0 Å². The molecule has 90 valence electrons. The first-order chi connectivity index (χ1) is 7.52. The highest BCUT2D eigenvalue weighted by molar-refractivity contribution is 5.44. The Morgan fingerprint density at radius 1 is 1.31 bits per heavy atom. The minimum Gasteiger partial charge on any atom is -0.508 e. The van der Waals surface area contributed by atoms with Crippen molar-refractivity contribution in [2.45, 2.75) is 45.5 Å². The van der Waals surface area contributed by atoms with Crippen LogP contribution < -0.4 is 0 Å². The van der Waals surface area contributed by atoms with Crippen LogP contribution in [-0.2, 0) is 6.42 Å². The summed E-state index contributed by atoms with van der Waals surface area (Å²) in [6, 6.07) is 4.97. The van der Waals surface area contributed by atoms with Crippen LogP contribution in [0.15, 0.2) is 18.2 Å². The van der Waals surface area contributed by atoms with Crippen LogP contribution >= 0.6 is 0 Å². The van der Waals surface area contributed by atoms with Gasteiger partial charge in [0.15, 0.2) is 0 Å². The molecule has 0 aromatic heterocycles. The summed E-state index contributed by atoms with van der Waals surface area (Å²) < 4.78 is 26.7. The highest BCUT2D eigenvalue weighted by Crippen LogP contribution is 2.45. The summed E-state index contributed by atoms with van der Waals surface area (Å²) in [5, 5.41) is 9.53. The minimum absolute atomic E-state index is 0.00521. The van der Waals surface area contributed by atoms with Gasteiger partial charge in [-0.05, 0) is 18.1 Å². The predicted octanol–water partition coefficient (Wildman–Crippen LogP) is 4.10. The number of phenols is 1. The van der Waals surface area contributed by atoms with Crippen molar-refractivity contribution in [3.8, 4) is 5.75 Å². The average molecular weight is 228 g/mol. The molecule has 1 aromatic rings. The zero-order valence-electron chi connectivity index (χ0n) is 9.93. The Labute approximate surface area is 95.1 Å². The van der Waals surface area contributed by atoms with Crippen molar-refractivity contribution in [3.05, 3.63) is 29.3 Å². The van der Waals surface area contributed by atoms with Crippen molar-refractivity contribution in [1.29, 1.82) is 0 Å². The molecule has 0 spiro atoms. The van der Waals surface area contributed by atoms with Gasteiger partial charge in [-0.25, -0.2) is 8.78 Å². The van der Waals surface area contributed by atoms with Crippen molar-refractivity contribution in [1.82, 2.24) is 0 Å². The third kappa shape index (κ3) is 2.18. The summed E-state index contributed by atoms with van der Waals surface area (Å²) in [5.74, 6) is -3.58. The van der Waals surface area contributed by atoms with Crippen LogP contribution in [0.5, 0.6) is 5.75 Å². The second kappa shape index (κ2) is 4.81. The monoisotopic (exact) mass is 228 g/mol. The van der Waals surface area contributed by atoms with Crippen molar-refractivity contribution < 1.29 is 13.9 Å². The molecule has 1 aliphatic carbocycles. The predicted molar refractivity (Wildman–Crippen MR) is 61.1 cm³/mol. The van der Waals surface area contributed by atoms with Crippen LogP contribution in [0.4, 0.5) is 8.78 Å². The molecule has 16 heavy (non-hydrogen) atoms. The van der Waals surface area contributed by atoms with Crippen molar-refractivity contribution in [2.24, 2.45) is 0 Å². The van der Waals surface area contributed by atoms with Crippen LogP contribution in [0.1, 0.15) is 44.2 Å². The lowest BCUT2D eigenvalue weighted by atomic mass is 9.80. The fraction of sp³-hybridized carbons (Fsp3) is 0.538. The Kier molecular flexibility index (Phi) is 3.89. The number of aromatic hydroxyl groups is 1. The van der Waals surface area contributed by atoms with E-state index in [0.29, 0.717) is 12.0 Å². The van der Waals surface area contributed by atoms with Crippen molar-refractivity contribution >= 4 is 0 Å². The number of aryl methyl sites for hydroxylation is 1. The van der Waals surface area contributed by atoms with E-state index in [1.807, 2.05) is 13.8 Å². The van der Waals surface area contributed by atoms with Crippen LogP contribution in [0.25, 0.3) is 0 Å². The maximum absolute atomic E-state index is 13.3. The second-order valence-corrected chi connectivity index (χ2v) is 3.83. The lowest BCUT2D eigenvalue weighted by Gasteiger charge is -2.31. The van der Waals surface area contributed by atoms with E-state index in [1.54, 1.807) is 12.1 Å². The fourth-order valence-corrected chi connectivity index (χ4v) is 2.05. The Morgan fingerprint density at radius 2 is 1.94 bits per heavy atom. The zero-order chi connectivity index (χ0) is 12.3. The molecule has 2 rings (SSSR count). The third-order valence-electron chi connectivity index (χ3n) is 2.97. The maximum atomic E-state index is 13.3. The summed E-state index contributed by atoms with van der Waals surface area (Å²) in [4.78, 5) is 0. The van der Waals surface area contributed by atoms with Gasteiger partial charge < -0.3 is 5.11 Å². The zero-order valence-corrected chi connectivity index (χ0v) is 9.93. The molecular weight excluding hydrogens is 210 g/mol. The molecule has 0 radical (unpaired) electrons. The molecule has 1 aliphatic rings. The molecule has 0 saturated carbocycles. The molecule has 0 aliphatic heterocycles. The van der Waals surface area contributed by atoms with E-state index in [1.165, 1.54) is 13.0 Å². The Morgan fingerprint density at radius 3 is 2.56 bits per heavy atom. The van der Waals surface area contributed by atoms with Crippen LogP contribution in [0.3, 0.4) is 0 Å². The molecule has 0 amide bonds.